The van der Waals surface area contributed by atoms with Gasteiger partial charge in [0.15, 0.2) is 0 Å². The Morgan fingerprint density at radius 1 is 1.00 bits per heavy atom. The Hall–Kier alpha value is -2.51. The second kappa shape index (κ2) is 8.08. The molecular weight excluding hydrogens is 391 g/mol. The standard InChI is InChI=1S/C22H23FN2O3S/c23-20-8-2-1-6-17(20)9-12-22(26)25-15-5-7-18-16-19(10-11-21(18)25)29(27,28)24-13-3-4-14-24/h1-2,6,8-12,16H,3-5,7,13-15H2/b12-9+. The Bertz CT molecular complexity index is 1060. The van der Waals surface area contributed by atoms with E-state index >= 15 is 0 Å². The fourth-order valence-electron chi connectivity index (χ4n) is 3.90. The third-order valence-electron chi connectivity index (χ3n) is 5.45. The topological polar surface area (TPSA) is 57.7 Å². The predicted octanol–water partition coefficient (Wildman–Crippen LogP) is 3.60. The summed E-state index contributed by atoms with van der Waals surface area (Å²) in [5.74, 6) is -0.628. The van der Waals surface area contributed by atoms with E-state index < -0.39 is 10.0 Å². The van der Waals surface area contributed by atoms with Crippen molar-refractivity contribution in [2.75, 3.05) is 24.5 Å². The molecule has 2 aliphatic heterocycles. The molecule has 0 N–H and O–H groups in total. The number of carbonyl (C=O) groups is 1. The first-order chi connectivity index (χ1) is 14.0. The summed E-state index contributed by atoms with van der Waals surface area (Å²) in [4.78, 5) is 14.6. The number of sulfonamides is 1. The molecule has 2 heterocycles. The van der Waals surface area contributed by atoms with E-state index in [4.69, 9.17) is 0 Å². The number of hydrogen-bond donors (Lipinski definition) is 0. The Kier molecular flexibility index (Phi) is 5.52. The molecule has 0 atom stereocenters. The van der Waals surface area contributed by atoms with Crippen LogP contribution in [0.3, 0.4) is 0 Å². The first-order valence-electron chi connectivity index (χ1n) is 9.84. The fourth-order valence-corrected chi connectivity index (χ4v) is 5.47. The van der Waals surface area contributed by atoms with Gasteiger partial charge in [-0.15, -0.1) is 0 Å². The lowest BCUT2D eigenvalue weighted by molar-refractivity contribution is -0.114. The summed E-state index contributed by atoms with van der Waals surface area (Å²) in [6.07, 6.45) is 6.08. The molecule has 0 aliphatic carbocycles. The molecule has 1 saturated heterocycles. The number of hydrogen-bond acceptors (Lipinski definition) is 3. The Balaban J connectivity index is 1.58. The Morgan fingerprint density at radius 3 is 2.52 bits per heavy atom. The minimum absolute atomic E-state index is 0.246. The summed E-state index contributed by atoms with van der Waals surface area (Å²) in [5, 5.41) is 0. The van der Waals surface area contributed by atoms with Gasteiger partial charge in [0.1, 0.15) is 5.82 Å². The number of halogens is 1. The second-order valence-electron chi connectivity index (χ2n) is 7.35. The first-order valence-corrected chi connectivity index (χ1v) is 11.3. The van der Waals surface area contributed by atoms with Crippen molar-refractivity contribution in [1.82, 2.24) is 4.31 Å². The second-order valence-corrected chi connectivity index (χ2v) is 9.29. The molecule has 2 aliphatic rings. The highest BCUT2D eigenvalue weighted by Gasteiger charge is 2.29. The highest BCUT2D eigenvalue weighted by atomic mass is 32.2. The van der Waals surface area contributed by atoms with Crippen LogP contribution in [0.2, 0.25) is 0 Å². The van der Waals surface area contributed by atoms with E-state index in [9.17, 15) is 17.6 Å². The maximum atomic E-state index is 13.8. The van der Waals surface area contributed by atoms with Crippen LogP contribution in [0.25, 0.3) is 6.08 Å². The third kappa shape index (κ3) is 3.97. The van der Waals surface area contributed by atoms with E-state index in [-0.39, 0.29) is 16.6 Å². The molecule has 0 spiro atoms. The van der Waals surface area contributed by atoms with Crippen molar-refractivity contribution >= 4 is 27.7 Å². The maximum Gasteiger partial charge on any atom is 0.250 e. The number of carbonyl (C=O) groups excluding carboxylic acids is 1. The van der Waals surface area contributed by atoms with Crippen LogP contribution < -0.4 is 4.90 Å². The minimum atomic E-state index is -3.49. The van der Waals surface area contributed by atoms with Gasteiger partial charge in [0, 0.05) is 37.0 Å². The van der Waals surface area contributed by atoms with Gasteiger partial charge >= 0.3 is 0 Å². The summed E-state index contributed by atoms with van der Waals surface area (Å²) in [5.41, 5.74) is 1.93. The minimum Gasteiger partial charge on any atom is -0.309 e. The van der Waals surface area contributed by atoms with Crippen molar-refractivity contribution in [3.8, 4) is 0 Å². The summed E-state index contributed by atoms with van der Waals surface area (Å²) in [6.45, 7) is 1.67. The molecule has 0 saturated carbocycles. The zero-order valence-corrected chi connectivity index (χ0v) is 16.9. The largest absolute Gasteiger partial charge is 0.309 e. The van der Waals surface area contributed by atoms with Gasteiger partial charge in [0.2, 0.25) is 10.0 Å². The van der Waals surface area contributed by atoms with Crippen molar-refractivity contribution in [2.24, 2.45) is 0 Å². The van der Waals surface area contributed by atoms with Gasteiger partial charge in [-0.2, -0.15) is 4.31 Å². The molecule has 2 aromatic carbocycles. The fraction of sp³-hybridized carbons (Fsp3) is 0.318. The van der Waals surface area contributed by atoms with Crippen molar-refractivity contribution in [2.45, 2.75) is 30.6 Å². The average molecular weight is 415 g/mol. The van der Waals surface area contributed by atoms with Crippen molar-refractivity contribution in [3.05, 3.63) is 65.5 Å². The monoisotopic (exact) mass is 414 g/mol. The van der Waals surface area contributed by atoms with Crippen LogP contribution in [0.4, 0.5) is 10.1 Å². The third-order valence-corrected chi connectivity index (χ3v) is 7.34. The molecule has 7 heteroatoms. The molecule has 5 nitrogen and oxygen atoms in total. The van der Waals surface area contributed by atoms with Crippen molar-refractivity contribution < 1.29 is 17.6 Å². The molecule has 1 amide bonds. The number of nitrogens with zero attached hydrogens (tertiary/aromatic N) is 2. The molecular formula is C22H23FN2O3S. The summed E-state index contributed by atoms with van der Waals surface area (Å²) >= 11 is 0. The number of benzene rings is 2. The molecule has 0 unspecified atom stereocenters. The highest BCUT2D eigenvalue weighted by molar-refractivity contribution is 7.89. The van der Waals surface area contributed by atoms with Crippen LogP contribution in [0, 0.1) is 5.82 Å². The Morgan fingerprint density at radius 2 is 1.76 bits per heavy atom. The molecule has 0 aromatic heterocycles. The van der Waals surface area contributed by atoms with Gasteiger partial charge in [-0.25, -0.2) is 12.8 Å². The predicted molar refractivity (Wildman–Crippen MR) is 111 cm³/mol. The molecule has 2 aromatic rings. The lowest BCUT2D eigenvalue weighted by atomic mass is 10.0. The van der Waals surface area contributed by atoms with Gasteiger partial charge < -0.3 is 4.90 Å². The van der Waals surface area contributed by atoms with Crippen molar-refractivity contribution in [1.29, 1.82) is 0 Å². The lowest BCUT2D eigenvalue weighted by Crippen LogP contribution is -2.34. The first kappa shape index (κ1) is 19.8. The van der Waals surface area contributed by atoms with E-state index in [1.54, 1.807) is 41.3 Å². The lowest BCUT2D eigenvalue weighted by Gasteiger charge is -2.29. The van der Waals surface area contributed by atoms with E-state index in [0.29, 0.717) is 25.2 Å². The van der Waals surface area contributed by atoms with Crippen molar-refractivity contribution in [3.63, 3.8) is 0 Å². The quantitative estimate of drug-likeness (QED) is 0.719. The number of fused-ring (bicyclic) bond motifs is 1. The van der Waals surface area contributed by atoms with Crippen LogP contribution in [0.15, 0.2) is 53.4 Å². The van der Waals surface area contributed by atoms with E-state index in [0.717, 1.165) is 36.9 Å². The number of anilines is 1. The smallest absolute Gasteiger partial charge is 0.250 e. The van der Waals surface area contributed by atoms with E-state index in [1.807, 2.05) is 0 Å². The molecule has 1 fully saturated rings. The van der Waals surface area contributed by atoms with Crippen LogP contribution >= 0.6 is 0 Å². The van der Waals surface area contributed by atoms with E-state index in [1.165, 1.54) is 22.5 Å². The van der Waals surface area contributed by atoms with Gasteiger partial charge in [0.05, 0.1) is 4.90 Å². The summed E-state index contributed by atoms with van der Waals surface area (Å²) < 4.78 is 40.9. The zero-order valence-electron chi connectivity index (χ0n) is 16.1. The number of amides is 1. The molecule has 152 valence electrons. The molecule has 4 rings (SSSR count). The summed E-state index contributed by atoms with van der Waals surface area (Å²) in [6, 6.07) is 11.3. The normalized spacial score (nSPS) is 17.6. The number of rotatable bonds is 4. The van der Waals surface area contributed by atoms with Crippen LogP contribution in [-0.4, -0.2) is 38.3 Å². The zero-order chi connectivity index (χ0) is 20.4. The summed E-state index contributed by atoms with van der Waals surface area (Å²) in [7, 11) is -3.49. The molecule has 0 radical (unpaired) electrons. The molecule has 0 bridgehead atoms. The average Bonchev–Trinajstić information content (AvgIpc) is 3.28. The SMILES string of the molecule is O=C(/C=C/c1ccccc1F)N1CCCc2cc(S(=O)(=O)N3CCCC3)ccc21. The number of aryl methyl sites for hydroxylation is 1. The van der Waals surface area contributed by atoms with Crippen LogP contribution in [0.1, 0.15) is 30.4 Å². The molecule has 29 heavy (non-hydrogen) atoms. The Labute approximate surface area is 170 Å². The van der Waals surface area contributed by atoms with Gasteiger partial charge in [0.25, 0.3) is 5.91 Å². The van der Waals surface area contributed by atoms with Gasteiger partial charge in [-0.05, 0) is 61.6 Å². The van der Waals surface area contributed by atoms with Gasteiger partial charge in [-0.1, -0.05) is 18.2 Å². The highest BCUT2D eigenvalue weighted by Crippen LogP contribution is 2.31. The van der Waals surface area contributed by atoms with E-state index in [2.05, 4.69) is 0 Å². The van der Waals surface area contributed by atoms with Crippen LogP contribution in [-0.2, 0) is 21.2 Å². The van der Waals surface area contributed by atoms with Crippen LogP contribution in [0.5, 0.6) is 0 Å². The maximum absolute atomic E-state index is 13.8. The van der Waals surface area contributed by atoms with Gasteiger partial charge in [-0.3, -0.25) is 4.79 Å².